The van der Waals surface area contributed by atoms with Crippen LogP contribution >= 0.6 is 0 Å². The molecular weight excluding hydrogens is 238 g/mol. The largest absolute Gasteiger partial charge is 0.465 e. The lowest BCUT2D eigenvalue weighted by molar-refractivity contribution is -0.150. The van der Waals surface area contributed by atoms with Gasteiger partial charge >= 0.3 is 5.97 Å². The second kappa shape index (κ2) is 7.28. The number of carbonyl (C=O) groups excluding carboxylic acids is 1. The number of nitrogens with zero attached hydrogens (tertiary/aromatic N) is 1. The third-order valence-corrected chi connectivity index (χ3v) is 4.50. The van der Waals surface area contributed by atoms with Crippen molar-refractivity contribution < 1.29 is 9.53 Å². The average Bonchev–Trinajstić information content (AvgIpc) is 2.35. The molecular formula is C16H31NO2. The summed E-state index contributed by atoms with van der Waals surface area (Å²) in [6.45, 7) is 9.18. The fraction of sp³-hybridized carbons (Fsp3) is 0.938. The summed E-state index contributed by atoms with van der Waals surface area (Å²) in [5.41, 5.74) is 0.474. The summed E-state index contributed by atoms with van der Waals surface area (Å²) in [5, 5.41) is 0. The molecule has 1 aliphatic carbocycles. The number of hydrogen-bond donors (Lipinski definition) is 0. The molecule has 112 valence electrons. The standard InChI is InChI=1S/C16H31NO2/c1-6-8-14(15(18)19-7-2)17(5)13-9-11-16(3,4)12-10-13/h13-14H,6-12H2,1-5H3. The van der Waals surface area contributed by atoms with Crippen molar-refractivity contribution in [2.24, 2.45) is 5.41 Å². The molecule has 1 rings (SSSR count). The third-order valence-electron chi connectivity index (χ3n) is 4.50. The van der Waals surface area contributed by atoms with Crippen LogP contribution in [0.1, 0.15) is 66.2 Å². The van der Waals surface area contributed by atoms with E-state index in [0.717, 1.165) is 12.8 Å². The molecule has 3 nitrogen and oxygen atoms in total. The molecule has 0 aromatic rings. The van der Waals surface area contributed by atoms with Gasteiger partial charge in [0, 0.05) is 6.04 Å². The molecule has 0 heterocycles. The van der Waals surface area contributed by atoms with E-state index in [2.05, 4.69) is 32.7 Å². The zero-order valence-corrected chi connectivity index (χ0v) is 13.4. The lowest BCUT2D eigenvalue weighted by atomic mass is 9.75. The Morgan fingerprint density at radius 2 is 1.89 bits per heavy atom. The molecule has 0 spiro atoms. The average molecular weight is 269 g/mol. The number of hydrogen-bond acceptors (Lipinski definition) is 3. The summed E-state index contributed by atoms with van der Waals surface area (Å²) in [4.78, 5) is 14.4. The molecule has 0 bridgehead atoms. The second-order valence-corrected chi connectivity index (χ2v) is 6.62. The Morgan fingerprint density at radius 1 is 1.32 bits per heavy atom. The predicted octanol–water partition coefficient (Wildman–Crippen LogP) is 3.62. The molecule has 0 amide bonds. The fourth-order valence-corrected chi connectivity index (χ4v) is 3.05. The number of rotatable bonds is 6. The maximum atomic E-state index is 12.1. The second-order valence-electron chi connectivity index (χ2n) is 6.62. The molecule has 0 N–H and O–H groups in total. The van der Waals surface area contributed by atoms with E-state index in [0.29, 0.717) is 18.1 Å². The highest BCUT2D eigenvalue weighted by Gasteiger charge is 2.33. The van der Waals surface area contributed by atoms with E-state index >= 15 is 0 Å². The number of carbonyl (C=O) groups is 1. The van der Waals surface area contributed by atoms with Crippen LogP contribution in [-0.2, 0) is 9.53 Å². The van der Waals surface area contributed by atoms with Crippen molar-refractivity contribution in [3.63, 3.8) is 0 Å². The van der Waals surface area contributed by atoms with Crippen molar-refractivity contribution in [3.05, 3.63) is 0 Å². The molecule has 3 heteroatoms. The quantitative estimate of drug-likeness (QED) is 0.690. The maximum absolute atomic E-state index is 12.1. The molecule has 0 aliphatic heterocycles. The smallest absolute Gasteiger partial charge is 0.323 e. The van der Waals surface area contributed by atoms with Gasteiger partial charge in [0.25, 0.3) is 0 Å². The van der Waals surface area contributed by atoms with Gasteiger partial charge in [0.05, 0.1) is 6.61 Å². The molecule has 1 atom stereocenters. The van der Waals surface area contributed by atoms with Crippen LogP contribution in [0, 0.1) is 5.41 Å². The van der Waals surface area contributed by atoms with Crippen LogP contribution in [0.5, 0.6) is 0 Å². The Labute approximate surface area is 118 Å². The van der Waals surface area contributed by atoms with Gasteiger partial charge < -0.3 is 4.74 Å². The van der Waals surface area contributed by atoms with E-state index in [1.165, 1.54) is 25.7 Å². The number of esters is 1. The third kappa shape index (κ3) is 4.79. The molecule has 1 aliphatic rings. The van der Waals surface area contributed by atoms with Crippen LogP contribution in [0.3, 0.4) is 0 Å². The summed E-state index contributed by atoms with van der Waals surface area (Å²) >= 11 is 0. The van der Waals surface area contributed by atoms with Gasteiger partial charge in [0.1, 0.15) is 6.04 Å². The molecule has 0 radical (unpaired) electrons. The van der Waals surface area contributed by atoms with E-state index < -0.39 is 0 Å². The first kappa shape index (κ1) is 16.5. The van der Waals surface area contributed by atoms with Crippen LogP contribution in [0.25, 0.3) is 0 Å². The van der Waals surface area contributed by atoms with Crippen molar-refractivity contribution in [2.75, 3.05) is 13.7 Å². The van der Waals surface area contributed by atoms with Gasteiger partial charge in [0.15, 0.2) is 0 Å². The van der Waals surface area contributed by atoms with Crippen LogP contribution in [0.2, 0.25) is 0 Å². The van der Waals surface area contributed by atoms with Gasteiger partial charge in [-0.05, 0) is 51.5 Å². The van der Waals surface area contributed by atoms with Gasteiger partial charge in [-0.25, -0.2) is 0 Å². The van der Waals surface area contributed by atoms with E-state index in [1.54, 1.807) is 0 Å². The topological polar surface area (TPSA) is 29.5 Å². The normalized spacial score (nSPS) is 21.4. The maximum Gasteiger partial charge on any atom is 0.323 e. The number of likely N-dealkylation sites (N-methyl/N-ethyl adjacent to an activating group) is 1. The molecule has 1 saturated carbocycles. The highest BCUT2D eigenvalue weighted by Crippen LogP contribution is 2.37. The van der Waals surface area contributed by atoms with Gasteiger partial charge in [-0.3, -0.25) is 9.69 Å². The van der Waals surface area contributed by atoms with Gasteiger partial charge in [-0.2, -0.15) is 0 Å². The summed E-state index contributed by atoms with van der Waals surface area (Å²) in [6.07, 6.45) is 6.82. The Kier molecular flexibility index (Phi) is 6.31. The van der Waals surface area contributed by atoms with Crippen molar-refractivity contribution in [3.8, 4) is 0 Å². The molecule has 1 fully saturated rings. The fourth-order valence-electron chi connectivity index (χ4n) is 3.05. The van der Waals surface area contributed by atoms with Gasteiger partial charge in [-0.15, -0.1) is 0 Å². The van der Waals surface area contributed by atoms with E-state index in [1.807, 2.05) is 6.92 Å². The van der Waals surface area contributed by atoms with Crippen LogP contribution < -0.4 is 0 Å². The number of ether oxygens (including phenoxy) is 1. The first-order valence-electron chi connectivity index (χ1n) is 7.80. The first-order valence-corrected chi connectivity index (χ1v) is 7.80. The van der Waals surface area contributed by atoms with Gasteiger partial charge in [-0.1, -0.05) is 27.2 Å². The molecule has 19 heavy (non-hydrogen) atoms. The lowest BCUT2D eigenvalue weighted by Gasteiger charge is -2.41. The molecule has 1 unspecified atom stereocenters. The minimum Gasteiger partial charge on any atom is -0.465 e. The first-order chi connectivity index (χ1) is 8.91. The SMILES string of the molecule is CCCC(C(=O)OCC)N(C)C1CCC(C)(C)CC1. The zero-order valence-electron chi connectivity index (χ0n) is 13.4. The monoisotopic (exact) mass is 269 g/mol. The molecule has 0 aromatic heterocycles. The highest BCUT2D eigenvalue weighted by molar-refractivity contribution is 5.75. The van der Waals surface area contributed by atoms with Crippen molar-refractivity contribution >= 4 is 5.97 Å². The molecule has 0 saturated heterocycles. The Morgan fingerprint density at radius 3 is 2.37 bits per heavy atom. The van der Waals surface area contributed by atoms with Crippen molar-refractivity contribution in [1.82, 2.24) is 4.90 Å². The van der Waals surface area contributed by atoms with Crippen molar-refractivity contribution in [1.29, 1.82) is 0 Å². The predicted molar refractivity (Wildman–Crippen MR) is 79.1 cm³/mol. The minimum atomic E-state index is -0.0591. The van der Waals surface area contributed by atoms with Crippen LogP contribution in [0.15, 0.2) is 0 Å². The van der Waals surface area contributed by atoms with Gasteiger partial charge in [0.2, 0.25) is 0 Å². The van der Waals surface area contributed by atoms with E-state index in [9.17, 15) is 4.79 Å². The Hall–Kier alpha value is -0.570. The van der Waals surface area contributed by atoms with E-state index in [-0.39, 0.29) is 12.0 Å². The van der Waals surface area contributed by atoms with Crippen molar-refractivity contribution in [2.45, 2.75) is 78.3 Å². The summed E-state index contributed by atoms with van der Waals surface area (Å²) in [6, 6.07) is 0.477. The summed E-state index contributed by atoms with van der Waals surface area (Å²) in [7, 11) is 2.10. The van der Waals surface area contributed by atoms with Crippen LogP contribution in [-0.4, -0.2) is 36.6 Å². The highest BCUT2D eigenvalue weighted by atomic mass is 16.5. The lowest BCUT2D eigenvalue weighted by Crippen LogP contribution is -2.47. The summed E-state index contributed by atoms with van der Waals surface area (Å²) < 4.78 is 5.23. The Bertz CT molecular complexity index is 278. The minimum absolute atomic E-state index is 0.0447. The molecule has 0 aromatic carbocycles. The van der Waals surface area contributed by atoms with Crippen LogP contribution in [0.4, 0.5) is 0 Å². The summed E-state index contributed by atoms with van der Waals surface area (Å²) in [5.74, 6) is -0.0447. The van der Waals surface area contributed by atoms with E-state index in [4.69, 9.17) is 4.74 Å². The Balaban J connectivity index is 2.61. The zero-order chi connectivity index (χ0) is 14.5.